The Morgan fingerprint density at radius 3 is 2.90 bits per heavy atom. The maximum Gasteiger partial charge on any atom is 0.144 e. The summed E-state index contributed by atoms with van der Waals surface area (Å²) in [5.74, 6) is -0.239. The molecule has 1 fully saturated rings. The predicted octanol–water partition coefficient (Wildman–Crippen LogP) is 3.76. The van der Waals surface area contributed by atoms with Crippen LogP contribution in [0.2, 0.25) is 5.02 Å². The number of piperidine rings is 1. The van der Waals surface area contributed by atoms with Crippen molar-refractivity contribution in [3.8, 4) is 0 Å². The van der Waals surface area contributed by atoms with E-state index in [-0.39, 0.29) is 22.6 Å². The van der Waals surface area contributed by atoms with Crippen LogP contribution in [0.1, 0.15) is 38.2 Å². The number of benzene rings is 1. The summed E-state index contributed by atoms with van der Waals surface area (Å²) in [7, 11) is 0. The standard InChI is InChI=1S/C16H21ClFNO/c1-2-6-16(7-3-8-19-11-16)15(20)10-12-4-5-13(17)14(18)9-12/h4-5,9,19H,2-3,6-8,10-11H2,1H3. The van der Waals surface area contributed by atoms with E-state index in [1.54, 1.807) is 6.07 Å². The zero-order valence-corrected chi connectivity index (χ0v) is 12.6. The van der Waals surface area contributed by atoms with E-state index in [0.717, 1.165) is 38.8 Å². The molecule has 1 aliphatic heterocycles. The second-order valence-electron chi connectivity index (χ2n) is 5.66. The molecular formula is C16H21ClFNO. The summed E-state index contributed by atoms with van der Waals surface area (Å²) in [4.78, 5) is 12.7. The predicted molar refractivity (Wildman–Crippen MR) is 79.6 cm³/mol. The van der Waals surface area contributed by atoms with Crippen LogP contribution in [-0.2, 0) is 11.2 Å². The van der Waals surface area contributed by atoms with Gasteiger partial charge in [0.15, 0.2) is 0 Å². The van der Waals surface area contributed by atoms with Crippen molar-refractivity contribution in [1.29, 1.82) is 0 Å². The molecular weight excluding hydrogens is 277 g/mol. The van der Waals surface area contributed by atoms with E-state index in [2.05, 4.69) is 12.2 Å². The second kappa shape index (κ2) is 6.68. The van der Waals surface area contributed by atoms with Crippen LogP contribution in [-0.4, -0.2) is 18.9 Å². The molecule has 0 aliphatic carbocycles. The van der Waals surface area contributed by atoms with E-state index in [0.29, 0.717) is 5.56 Å². The third kappa shape index (κ3) is 3.39. The molecule has 4 heteroatoms. The minimum absolute atomic E-state index is 0.101. The highest BCUT2D eigenvalue weighted by Gasteiger charge is 2.37. The Hall–Kier alpha value is -0.930. The lowest BCUT2D eigenvalue weighted by atomic mass is 9.72. The average Bonchev–Trinajstić information content (AvgIpc) is 2.44. The molecule has 1 atom stereocenters. The molecule has 0 bridgehead atoms. The van der Waals surface area contributed by atoms with E-state index >= 15 is 0 Å². The summed E-state index contributed by atoms with van der Waals surface area (Å²) >= 11 is 5.67. The summed E-state index contributed by atoms with van der Waals surface area (Å²) in [6.45, 7) is 3.83. The topological polar surface area (TPSA) is 29.1 Å². The highest BCUT2D eigenvalue weighted by atomic mass is 35.5. The maximum atomic E-state index is 13.5. The highest BCUT2D eigenvalue weighted by molar-refractivity contribution is 6.30. The first-order chi connectivity index (χ1) is 9.57. The van der Waals surface area contributed by atoms with Gasteiger partial charge in [0.25, 0.3) is 0 Å². The first kappa shape index (κ1) is 15.5. The summed E-state index contributed by atoms with van der Waals surface area (Å²) in [6.07, 6.45) is 4.14. The summed E-state index contributed by atoms with van der Waals surface area (Å²) in [5.41, 5.74) is 0.432. The molecule has 1 aromatic carbocycles. The molecule has 1 N–H and O–H groups in total. The van der Waals surface area contributed by atoms with Gasteiger partial charge in [-0.2, -0.15) is 0 Å². The Bertz CT molecular complexity index is 478. The fourth-order valence-corrected chi connectivity index (χ4v) is 3.18. The van der Waals surface area contributed by atoms with Crippen LogP contribution < -0.4 is 5.32 Å². The molecule has 0 amide bonds. The number of carbonyl (C=O) groups is 1. The number of hydrogen-bond donors (Lipinski definition) is 1. The normalized spacial score (nSPS) is 22.8. The van der Waals surface area contributed by atoms with Gasteiger partial charge in [0.2, 0.25) is 0 Å². The Kier molecular flexibility index (Phi) is 5.17. The summed E-state index contributed by atoms with van der Waals surface area (Å²) in [5, 5.41) is 3.43. The van der Waals surface area contributed by atoms with Gasteiger partial charge in [-0.25, -0.2) is 4.39 Å². The highest BCUT2D eigenvalue weighted by Crippen LogP contribution is 2.34. The van der Waals surface area contributed by atoms with Crippen molar-refractivity contribution in [3.05, 3.63) is 34.6 Å². The van der Waals surface area contributed by atoms with Gasteiger partial charge in [0.05, 0.1) is 5.02 Å². The number of ketones is 1. The SMILES string of the molecule is CCCC1(C(=O)Cc2ccc(Cl)c(F)c2)CCCNC1. The molecule has 1 aliphatic rings. The van der Waals surface area contributed by atoms with Crippen molar-refractivity contribution in [1.82, 2.24) is 5.32 Å². The van der Waals surface area contributed by atoms with E-state index in [4.69, 9.17) is 11.6 Å². The van der Waals surface area contributed by atoms with Crippen LogP contribution >= 0.6 is 11.6 Å². The van der Waals surface area contributed by atoms with Crippen LogP contribution in [0, 0.1) is 11.2 Å². The quantitative estimate of drug-likeness (QED) is 0.896. The maximum absolute atomic E-state index is 13.5. The Morgan fingerprint density at radius 1 is 1.50 bits per heavy atom. The van der Waals surface area contributed by atoms with Crippen molar-refractivity contribution >= 4 is 17.4 Å². The summed E-state index contributed by atoms with van der Waals surface area (Å²) in [6, 6.07) is 4.63. The first-order valence-electron chi connectivity index (χ1n) is 7.25. The van der Waals surface area contributed by atoms with Gasteiger partial charge >= 0.3 is 0 Å². The number of carbonyl (C=O) groups excluding carboxylic acids is 1. The lowest BCUT2D eigenvalue weighted by Gasteiger charge is -2.36. The zero-order chi connectivity index (χ0) is 14.6. The third-order valence-corrected chi connectivity index (χ3v) is 4.45. The fraction of sp³-hybridized carbons (Fsp3) is 0.562. The molecule has 1 unspecified atom stereocenters. The van der Waals surface area contributed by atoms with Gasteiger partial charge in [-0.3, -0.25) is 4.79 Å². The molecule has 0 saturated carbocycles. The Labute approximate surface area is 124 Å². The van der Waals surface area contributed by atoms with Gasteiger partial charge in [-0.05, 0) is 43.5 Å². The largest absolute Gasteiger partial charge is 0.316 e. The molecule has 110 valence electrons. The van der Waals surface area contributed by atoms with Crippen molar-refractivity contribution in [2.24, 2.45) is 5.41 Å². The number of rotatable bonds is 5. The Morgan fingerprint density at radius 2 is 2.30 bits per heavy atom. The number of hydrogen-bond acceptors (Lipinski definition) is 2. The van der Waals surface area contributed by atoms with Gasteiger partial charge in [-0.15, -0.1) is 0 Å². The lowest BCUT2D eigenvalue weighted by Crippen LogP contribution is -2.46. The van der Waals surface area contributed by atoms with Crippen molar-refractivity contribution in [2.75, 3.05) is 13.1 Å². The molecule has 0 spiro atoms. The number of nitrogens with one attached hydrogen (secondary N) is 1. The van der Waals surface area contributed by atoms with Crippen LogP contribution in [0.5, 0.6) is 0 Å². The third-order valence-electron chi connectivity index (χ3n) is 4.14. The van der Waals surface area contributed by atoms with Gasteiger partial charge < -0.3 is 5.32 Å². The van der Waals surface area contributed by atoms with Crippen LogP contribution in [0.25, 0.3) is 0 Å². The minimum atomic E-state index is -0.455. The smallest absolute Gasteiger partial charge is 0.144 e. The fourth-order valence-electron chi connectivity index (χ4n) is 3.06. The van der Waals surface area contributed by atoms with Gasteiger partial charge in [0.1, 0.15) is 11.6 Å². The van der Waals surface area contributed by atoms with Crippen LogP contribution in [0.4, 0.5) is 4.39 Å². The Balaban J connectivity index is 2.13. The van der Waals surface area contributed by atoms with Crippen molar-refractivity contribution in [3.63, 3.8) is 0 Å². The van der Waals surface area contributed by atoms with Crippen molar-refractivity contribution < 1.29 is 9.18 Å². The van der Waals surface area contributed by atoms with E-state index in [1.165, 1.54) is 12.1 Å². The zero-order valence-electron chi connectivity index (χ0n) is 11.8. The molecule has 2 rings (SSSR count). The van der Waals surface area contributed by atoms with Crippen LogP contribution in [0.15, 0.2) is 18.2 Å². The molecule has 1 saturated heterocycles. The van der Waals surface area contributed by atoms with Gasteiger partial charge in [0, 0.05) is 18.4 Å². The average molecular weight is 298 g/mol. The first-order valence-corrected chi connectivity index (χ1v) is 7.63. The van der Waals surface area contributed by atoms with Crippen molar-refractivity contribution in [2.45, 2.75) is 39.0 Å². The van der Waals surface area contributed by atoms with E-state index < -0.39 is 5.82 Å². The molecule has 2 nitrogen and oxygen atoms in total. The number of Topliss-reactive ketones (excluding diaryl/α,β-unsaturated/α-hetero) is 1. The molecule has 1 heterocycles. The lowest BCUT2D eigenvalue weighted by molar-refractivity contribution is -0.129. The van der Waals surface area contributed by atoms with Gasteiger partial charge in [-0.1, -0.05) is 31.0 Å². The monoisotopic (exact) mass is 297 g/mol. The molecule has 1 aromatic rings. The number of halogens is 2. The molecule has 20 heavy (non-hydrogen) atoms. The summed E-state index contributed by atoms with van der Waals surface area (Å²) < 4.78 is 13.5. The van der Waals surface area contributed by atoms with Crippen LogP contribution in [0.3, 0.4) is 0 Å². The second-order valence-corrected chi connectivity index (χ2v) is 6.07. The minimum Gasteiger partial charge on any atom is -0.316 e. The van der Waals surface area contributed by atoms with E-state index in [9.17, 15) is 9.18 Å². The molecule has 0 radical (unpaired) electrons. The molecule has 0 aromatic heterocycles. The van der Waals surface area contributed by atoms with E-state index in [1.807, 2.05) is 0 Å².